The molecule has 1 N–H and O–H groups in total. The number of alkyl halides is 3. The minimum atomic E-state index is -4.49. The lowest BCUT2D eigenvalue weighted by Crippen LogP contribution is -2.31. The second-order valence-electron chi connectivity index (χ2n) is 6.00. The molecule has 0 unspecified atom stereocenters. The van der Waals surface area contributed by atoms with Crippen molar-refractivity contribution in [3.05, 3.63) is 47.7 Å². The molecule has 0 aliphatic heterocycles. The maximum Gasteiger partial charge on any atom is 0.425 e. The molecule has 4 aromatic rings. The maximum absolute atomic E-state index is 12.6. The third kappa shape index (κ3) is 4.30. The highest BCUT2D eigenvalue weighted by Gasteiger charge is 2.38. The predicted octanol–water partition coefficient (Wildman–Crippen LogP) is 5.68. The highest BCUT2D eigenvalue weighted by molar-refractivity contribution is 6.32. The van der Waals surface area contributed by atoms with E-state index in [1.165, 1.54) is 18.2 Å². The van der Waals surface area contributed by atoms with E-state index >= 15 is 0 Å². The number of aromatic amines is 1. The minimum absolute atomic E-state index is 0. The van der Waals surface area contributed by atoms with Crippen LogP contribution in [-0.2, 0) is 0 Å². The summed E-state index contributed by atoms with van der Waals surface area (Å²) in [5.41, 5.74) is 2.81. The Labute approximate surface area is 173 Å². The summed E-state index contributed by atoms with van der Waals surface area (Å²) in [6.07, 6.45) is -4.89. The molecule has 0 aliphatic rings. The highest BCUT2D eigenvalue weighted by atomic mass is 35.5. The Balaban J connectivity index is 0.00000240. The zero-order valence-corrected chi connectivity index (χ0v) is 16.3. The standard InChI is InChI=1S/C18H12ClF3N4O2.ClH/c1-9(18(20,21)22)27-15-5-3-11(6-12(15)19)17-25-16(26-28-17)10-2-4-13-14(7-10)24-8-23-13;/h2-9H,1H3,(H,23,24);1H/t9-;/m1./s1. The summed E-state index contributed by atoms with van der Waals surface area (Å²) in [5, 5.41) is 3.95. The zero-order valence-electron chi connectivity index (χ0n) is 14.7. The van der Waals surface area contributed by atoms with Crippen molar-refractivity contribution in [3.63, 3.8) is 0 Å². The Morgan fingerprint density at radius 3 is 2.62 bits per heavy atom. The van der Waals surface area contributed by atoms with Crippen molar-refractivity contribution in [2.75, 3.05) is 0 Å². The van der Waals surface area contributed by atoms with E-state index in [1.807, 2.05) is 12.1 Å². The number of H-pyrrole nitrogens is 1. The molecule has 0 saturated heterocycles. The fourth-order valence-electron chi connectivity index (χ4n) is 2.52. The lowest BCUT2D eigenvalue weighted by atomic mass is 10.2. The molecule has 2 aromatic heterocycles. The van der Waals surface area contributed by atoms with Crippen molar-refractivity contribution < 1.29 is 22.4 Å². The van der Waals surface area contributed by atoms with Gasteiger partial charge in [0.05, 0.1) is 22.4 Å². The number of hydrogen-bond donors (Lipinski definition) is 1. The average molecular weight is 445 g/mol. The topological polar surface area (TPSA) is 76.8 Å². The summed E-state index contributed by atoms with van der Waals surface area (Å²) in [5.74, 6) is 0.449. The van der Waals surface area contributed by atoms with Gasteiger partial charge in [-0.25, -0.2) is 4.98 Å². The molecular formula is C18H13Cl2F3N4O2. The van der Waals surface area contributed by atoms with Crippen LogP contribution in [0.2, 0.25) is 5.02 Å². The first kappa shape index (κ1) is 20.9. The smallest absolute Gasteiger partial charge is 0.425 e. The van der Waals surface area contributed by atoms with E-state index in [0.29, 0.717) is 11.4 Å². The quantitative estimate of drug-likeness (QED) is 0.437. The van der Waals surface area contributed by atoms with Crippen LogP contribution in [0.5, 0.6) is 5.75 Å². The lowest BCUT2D eigenvalue weighted by Gasteiger charge is -2.18. The first-order valence-corrected chi connectivity index (χ1v) is 8.49. The van der Waals surface area contributed by atoms with E-state index in [9.17, 15) is 13.2 Å². The van der Waals surface area contributed by atoms with Crippen molar-refractivity contribution >= 4 is 35.0 Å². The Kier molecular flexibility index (Phi) is 5.72. The number of benzene rings is 2. The summed E-state index contributed by atoms with van der Waals surface area (Å²) in [6.45, 7) is 0.908. The van der Waals surface area contributed by atoms with Gasteiger partial charge in [-0.2, -0.15) is 18.2 Å². The SMILES string of the molecule is C[C@@H](Oc1ccc(-c2nc(-c3ccc4nc[nH]c4c3)no2)cc1Cl)C(F)(F)F.Cl. The van der Waals surface area contributed by atoms with E-state index in [2.05, 4.69) is 20.1 Å². The highest BCUT2D eigenvalue weighted by Crippen LogP contribution is 2.33. The van der Waals surface area contributed by atoms with Gasteiger partial charge in [0.1, 0.15) is 5.75 Å². The molecule has 2 aromatic carbocycles. The molecule has 0 radical (unpaired) electrons. The summed E-state index contributed by atoms with van der Waals surface area (Å²) < 4.78 is 48.1. The molecule has 0 spiro atoms. The number of nitrogens with one attached hydrogen (secondary N) is 1. The fourth-order valence-corrected chi connectivity index (χ4v) is 2.74. The second-order valence-corrected chi connectivity index (χ2v) is 6.41. The number of ether oxygens (including phenoxy) is 1. The average Bonchev–Trinajstić information content (AvgIpc) is 3.31. The molecule has 11 heteroatoms. The Hall–Kier alpha value is -2.78. The monoisotopic (exact) mass is 444 g/mol. The molecule has 29 heavy (non-hydrogen) atoms. The van der Waals surface area contributed by atoms with Crippen LogP contribution < -0.4 is 4.74 Å². The molecule has 0 fully saturated rings. The van der Waals surface area contributed by atoms with Crippen molar-refractivity contribution in [1.82, 2.24) is 20.1 Å². The predicted molar refractivity (Wildman–Crippen MR) is 103 cm³/mol. The number of nitrogens with zero attached hydrogens (tertiary/aromatic N) is 3. The number of hydrogen-bond acceptors (Lipinski definition) is 5. The van der Waals surface area contributed by atoms with E-state index in [0.717, 1.165) is 23.5 Å². The number of rotatable bonds is 4. The van der Waals surface area contributed by atoms with Crippen LogP contribution in [0.4, 0.5) is 13.2 Å². The molecule has 2 heterocycles. The van der Waals surface area contributed by atoms with Crippen LogP contribution in [0.15, 0.2) is 47.2 Å². The van der Waals surface area contributed by atoms with Crippen LogP contribution in [-0.4, -0.2) is 32.4 Å². The normalized spacial score (nSPS) is 12.6. The van der Waals surface area contributed by atoms with Crippen molar-refractivity contribution in [2.24, 2.45) is 0 Å². The van der Waals surface area contributed by atoms with E-state index in [-0.39, 0.29) is 29.1 Å². The van der Waals surface area contributed by atoms with Gasteiger partial charge in [0.2, 0.25) is 5.82 Å². The Bertz CT molecular complexity index is 1140. The van der Waals surface area contributed by atoms with Gasteiger partial charge in [0, 0.05) is 11.1 Å². The molecule has 0 bridgehead atoms. The third-order valence-corrected chi connectivity index (χ3v) is 4.34. The number of halogens is 5. The first-order valence-electron chi connectivity index (χ1n) is 8.12. The Morgan fingerprint density at radius 2 is 1.90 bits per heavy atom. The molecule has 152 valence electrons. The minimum Gasteiger partial charge on any atom is -0.480 e. The summed E-state index contributed by atoms with van der Waals surface area (Å²) in [7, 11) is 0. The third-order valence-electron chi connectivity index (χ3n) is 4.05. The van der Waals surface area contributed by atoms with Gasteiger partial charge in [-0.3, -0.25) is 0 Å². The van der Waals surface area contributed by atoms with E-state index < -0.39 is 12.3 Å². The first-order chi connectivity index (χ1) is 13.3. The number of fused-ring (bicyclic) bond motifs is 1. The summed E-state index contributed by atoms with van der Waals surface area (Å²) in [4.78, 5) is 11.5. The zero-order chi connectivity index (χ0) is 19.9. The largest absolute Gasteiger partial charge is 0.480 e. The van der Waals surface area contributed by atoms with Crippen molar-refractivity contribution in [2.45, 2.75) is 19.2 Å². The van der Waals surface area contributed by atoms with Crippen LogP contribution in [0.25, 0.3) is 33.9 Å². The van der Waals surface area contributed by atoms with Crippen LogP contribution >= 0.6 is 24.0 Å². The van der Waals surface area contributed by atoms with Crippen LogP contribution in [0.1, 0.15) is 6.92 Å². The van der Waals surface area contributed by atoms with Gasteiger partial charge in [0.25, 0.3) is 5.89 Å². The lowest BCUT2D eigenvalue weighted by molar-refractivity contribution is -0.189. The molecule has 1 atom stereocenters. The molecule has 0 aliphatic carbocycles. The maximum atomic E-state index is 12.6. The molecule has 4 rings (SSSR count). The summed E-state index contributed by atoms with van der Waals surface area (Å²) in [6, 6.07) is 9.71. The van der Waals surface area contributed by atoms with Crippen molar-refractivity contribution in [1.29, 1.82) is 0 Å². The van der Waals surface area contributed by atoms with Gasteiger partial charge in [-0.15, -0.1) is 12.4 Å². The van der Waals surface area contributed by atoms with Crippen LogP contribution in [0.3, 0.4) is 0 Å². The molecule has 6 nitrogen and oxygen atoms in total. The van der Waals surface area contributed by atoms with Gasteiger partial charge < -0.3 is 14.2 Å². The number of imidazole rings is 1. The van der Waals surface area contributed by atoms with Gasteiger partial charge in [0.15, 0.2) is 6.10 Å². The van der Waals surface area contributed by atoms with Crippen molar-refractivity contribution in [3.8, 4) is 28.6 Å². The van der Waals surface area contributed by atoms with Gasteiger partial charge in [-0.1, -0.05) is 16.8 Å². The molecular weight excluding hydrogens is 432 g/mol. The van der Waals surface area contributed by atoms with E-state index in [1.54, 1.807) is 12.4 Å². The second kappa shape index (κ2) is 7.92. The summed E-state index contributed by atoms with van der Waals surface area (Å²) >= 11 is 6.06. The van der Waals surface area contributed by atoms with Gasteiger partial charge >= 0.3 is 6.18 Å². The van der Waals surface area contributed by atoms with Crippen LogP contribution in [0, 0.1) is 0 Å². The molecule has 0 saturated carbocycles. The number of aromatic nitrogens is 4. The molecule has 0 amide bonds. The van der Waals surface area contributed by atoms with Gasteiger partial charge in [-0.05, 0) is 43.3 Å². The Morgan fingerprint density at radius 1 is 1.14 bits per heavy atom. The fraction of sp³-hybridized carbons (Fsp3) is 0.167. The van der Waals surface area contributed by atoms with E-state index in [4.69, 9.17) is 20.9 Å².